The number of nitrogens with one attached hydrogen (secondary N) is 1. The van der Waals surface area contributed by atoms with E-state index in [4.69, 9.17) is 4.74 Å². The molecule has 0 fully saturated rings. The van der Waals surface area contributed by atoms with Crippen molar-refractivity contribution in [2.24, 2.45) is 0 Å². The van der Waals surface area contributed by atoms with Gasteiger partial charge in [0.25, 0.3) is 0 Å². The van der Waals surface area contributed by atoms with Crippen LogP contribution < -0.4 is 10.1 Å². The maximum Gasteiger partial charge on any atom is 0.133 e. The SMILES string of the molecule is CNC(c1ccc(OC)c(Br)c1)c1nc(C)c(C)s1. The first-order chi connectivity index (χ1) is 9.06. The van der Waals surface area contributed by atoms with Crippen LogP contribution in [0.25, 0.3) is 0 Å². The Kier molecular flexibility index (Phi) is 4.60. The Morgan fingerprint density at radius 2 is 2.11 bits per heavy atom. The van der Waals surface area contributed by atoms with Crippen molar-refractivity contribution >= 4 is 27.3 Å². The van der Waals surface area contributed by atoms with Gasteiger partial charge in [-0.1, -0.05) is 6.07 Å². The first-order valence-corrected chi connectivity index (χ1v) is 7.62. The molecule has 0 aliphatic carbocycles. The maximum atomic E-state index is 5.26. The van der Waals surface area contributed by atoms with Crippen LogP contribution >= 0.6 is 27.3 Å². The molecule has 1 N–H and O–H groups in total. The van der Waals surface area contributed by atoms with E-state index in [1.807, 2.05) is 20.0 Å². The topological polar surface area (TPSA) is 34.1 Å². The van der Waals surface area contributed by atoms with Crippen molar-refractivity contribution in [3.8, 4) is 5.75 Å². The van der Waals surface area contributed by atoms with Crippen LogP contribution in [0.2, 0.25) is 0 Å². The zero-order valence-corrected chi connectivity index (χ0v) is 13.9. The van der Waals surface area contributed by atoms with E-state index in [2.05, 4.69) is 45.3 Å². The van der Waals surface area contributed by atoms with Gasteiger partial charge in [-0.3, -0.25) is 0 Å². The van der Waals surface area contributed by atoms with Gasteiger partial charge in [0.1, 0.15) is 10.8 Å². The van der Waals surface area contributed by atoms with Crippen LogP contribution in [0.3, 0.4) is 0 Å². The van der Waals surface area contributed by atoms with Crippen molar-refractivity contribution in [3.05, 3.63) is 43.8 Å². The average Bonchev–Trinajstić information content (AvgIpc) is 2.70. The molecule has 2 aromatic rings. The van der Waals surface area contributed by atoms with Crippen molar-refractivity contribution < 1.29 is 4.74 Å². The molecule has 0 radical (unpaired) electrons. The molecule has 0 amide bonds. The van der Waals surface area contributed by atoms with Crippen molar-refractivity contribution in [2.45, 2.75) is 19.9 Å². The first kappa shape index (κ1) is 14.5. The predicted octanol–water partition coefficient (Wildman–Crippen LogP) is 3.84. The molecule has 102 valence electrons. The van der Waals surface area contributed by atoms with Gasteiger partial charge in [0, 0.05) is 4.88 Å². The standard InChI is InChI=1S/C14H17BrN2OS/c1-8-9(2)19-14(17-8)13(16-3)10-5-6-12(18-4)11(15)7-10/h5-7,13,16H,1-4H3. The molecule has 0 aliphatic heterocycles. The van der Waals surface area contributed by atoms with Crippen molar-refractivity contribution in [3.63, 3.8) is 0 Å². The fourth-order valence-electron chi connectivity index (χ4n) is 1.92. The lowest BCUT2D eigenvalue weighted by atomic mass is 10.1. The second-order valence-corrected chi connectivity index (χ2v) is 6.40. The summed E-state index contributed by atoms with van der Waals surface area (Å²) in [6, 6.07) is 6.22. The number of methoxy groups -OCH3 is 1. The fourth-order valence-corrected chi connectivity index (χ4v) is 3.54. The van der Waals surface area contributed by atoms with Gasteiger partial charge in [-0.05, 0) is 54.5 Å². The van der Waals surface area contributed by atoms with Gasteiger partial charge in [0.05, 0.1) is 23.3 Å². The number of hydrogen-bond acceptors (Lipinski definition) is 4. The summed E-state index contributed by atoms with van der Waals surface area (Å²) < 4.78 is 6.22. The van der Waals surface area contributed by atoms with E-state index >= 15 is 0 Å². The molecule has 3 nitrogen and oxygen atoms in total. The minimum absolute atomic E-state index is 0.111. The monoisotopic (exact) mass is 340 g/mol. The lowest BCUT2D eigenvalue weighted by molar-refractivity contribution is 0.412. The van der Waals surface area contributed by atoms with E-state index in [-0.39, 0.29) is 6.04 Å². The quantitative estimate of drug-likeness (QED) is 0.918. The van der Waals surface area contributed by atoms with Gasteiger partial charge in [0.15, 0.2) is 0 Å². The zero-order chi connectivity index (χ0) is 14.0. The smallest absolute Gasteiger partial charge is 0.133 e. The molecule has 0 bridgehead atoms. The predicted molar refractivity (Wildman–Crippen MR) is 83.2 cm³/mol. The summed E-state index contributed by atoms with van der Waals surface area (Å²) in [5, 5.41) is 4.42. The highest BCUT2D eigenvalue weighted by molar-refractivity contribution is 9.10. The Morgan fingerprint density at radius 1 is 1.37 bits per heavy atom. The minimum Gasteiger partial charge on any atom is -0.496 e. The Balaban J connectivity index is 2.39. The first-order valence-electron chi connectivity index (χ1n) is 6.01. The molecule has 0 saturated heterocycles. The molecule has 1 aromatic carbocycles. The number of aryl methyl sites for hydroxylation is 2. The summed E-state index contributed by atoms with van der Waals surface area (Å²) in [4.78, 5) is 5.91. The second kappa shape index (κ2) is 6.03. The molecular weight excluding hydrogens is 324 g/mol. The van der Waals surface area contributed by atoms with E-state index in [1.54, 1.807) is 18.4 Å². The van der Waals surface area contributed by atoms with Crippen LogP contribution in [0.15, 0.2) is 22.7 Å². The van der Waals surface area contributed by atoms with Crippen molar-refractivity contribution in [1.29, 1.82) is 0 Å². The third kappa shape index (κ3) is 2.99. The molecule has 1 heterocycles. The second-order valence-electron chi connectivity index (χ2n) is 4.31. The lowest BCUT2D eigenvalue weighted by Gasteiger charge is -2.15. The molecule has 5 heteroatoms. The van der Waals surface area contributed by atoms with Crippen LogP contribution in [-0.2, 0) is 0 Å². The van der Waals surface area contributed by atoms with E-state index in [0.717, 1.165) is 20.9 Å². The fraction of sp³-hybridized carbons (Fsp3) is 0.357. The zero-order valence-electron chi connectivity index (χ0n) is 11.5. The Morgan fingerprint density at radius 3 is 2.58 bits per heavy atom. The van der Waals surface area contributed by atoms with E-state index in [9.17, 15) is 0 Å². The van der Waals surface area contributed by atoms with Crippen LogP contribution in [-0.4, -0.2) is 19.1 Å². The lowest BCUT2D eigenvalue weighted by Crippen LogP contribution is -2.17. The summed E-state index contributed by atoms with van der Waals surface area (Å²) >= 11 is 5.26. The number of nitrogens with zero attached hydrogens (tertiary/aromatic N) is 1. The van der Waals surface area contributed by atoms with Crippen LogP contribution in [0, 0.1) is 13.8 Å². The number of halogens is 1. The molecule has 1 atom stereocenters. The van der Waals surface area contributed by atoms with Crippen LogP contribution in [0.4, 0.5) is 0 Å². The van der Waals surface area contributed by atoms with Crippen LogP contribution in [0.1, 0.15) is 27.2 Å². The van der Waals surface area contributed by atoms with Crippen molar-refractivity contribution in [1.82, 2.24) is 10.3 Å². The molecule has 1 aromatic heterocycles. The van der Waals surface area contributed by atoms with Gasteiger partial charge < -0.3 is 10.1 Å². The Labute approximate surface area is 126 Å². The van der Waals surface area contributed by atoms with Gasteiger partial charge in [-0.25, -0.2) is 4.98 Å². The van der Waals surface area contributed by atoms with E-state index in [1.165, 1.54) is 10.4 Å². The largest absolute Gasteiger partial charge is 0.496 e. The third-order valence-electron chi connectivity index (χ3n) is 3.09. The summed E-state index contributed by atoms with van der Waals surface area (Å²) in [6.45, 7) is 4.15. The number of hydrogen-bond donors (Lipinski definition) is 1. The number of benzene rings is 1. The highest BCUT2D eigenvalue weighted by Gasteiger charge is 2.18. The van der Waals surface area contributed by atoms with Gasteiger partial charge in [-0.15, -0.1) is 11.3 Å². The Hall–Kier alpha value is -0.910. The summed E-state index contributed by atoms with van der Waals surface area (Å²) in [5.74, 6) is 0.838. The van der Waals surface area contributed by atoms with Gasteiger partial charge >= 0.3 is 0 Å². The molecule has 2 rings (SSSR count). The number of rotatable bonds is 4. The third-order valence-corrected chi connectivity index (χ3v) is 4.85. The molecule has 0 aliphatic rings. The number of ether oxygens (including phenoxy) is 1. The molecular formula is C14H17BrN2OS. The molecule has 0 spiro atoms. The summed E-state index contributed by atoms with van der Waals surface area (Å²) in [5.41, 5.74) is 2.27. The maximum absolute atomic E-state index is 5.26. The number of thiazole rings is 1. The Bertz CT molecular complexity index is 563. The highest BCUT2D eigenvalue weighted by Crippen LogP contribution is 2.32. The highest BCUT2D eigenvalue weighted by atomic mass is 79.9. The van der Waals surface area contributed by atoms with Crippen LogP contribution in [0.5, 0.6) is 5.75 Å². The van der Waals surface area contributed by atoms with E-state index < -0.39 is 0 Å². The molecule has 0 saturated carbocycles. The summed E-state index contributed by atoms with van der Waals surface area (Å²) in [6.07, 6.45) is 0. The molecule has 19 heavy (non-hydrogen) atoms. The van der Waals surface area contributed by atoms with Gasteiger partial charge in [-0.2, -0.15) is 0 Å². The number of aromatic nitrogens is 1. The van der Waals surface area contributed by atoms with Gasteiger partial charge in [0.2, 0.25) is 0 Å². The summed E-state index contributed by atoms with van der Waals surface area (Å²) in [7, 11) is 3.62. The van der Waals surface area contributed by atoms with Crippen molar-refractivity contribution in [2.75, 3.05) is 14.2 Å². The molecule has 1 unspecified atom stereocenters. The minimum atomic E-state index is 0.111. The average molecular weight is 341 g/mol. The normalized spacial score (nSPS) is 12.5. The van der Waals surface area contributed by atoms with E-state index in [0.29, 0.717) is 0 Å².